The average Bonchev–Trinajstić information content (AvgIpc) is 2.32. The molecule has 2 aromatic carbocycles. The Labute approximate surface area is 118 Å². The van der Waals surface area contributed by atoms with Crippen molar-refractivity contribution in [1.82, 2.24) is 0 Å². The Balaban J connectivity index is 2.32. The molecule has 0 unspecified atom stereocenters. The van der Waals surface area contributed by atoms with Crippen LogP contribution in [0, 0.1) is 11.3 Å². The number of halogens is 2. The normalized spacial score (nSPS) is 9.94. The second-order valence-corrected chi connectivity index (χ2v) is 5.78. The Morgan fingerprint density at radius 3 is 2.47 bits per heavy atom. The van der Waals surface area contributed by atoms with Gasteiger partial charge in [0, 0.05) is 19.3 Å². The van der Waals surface area contributed by atoms with E-state index in [0.717, 1.165) is 14.3 Å². The van der Waals surface area contributed by atoms with Gasteiger partial charge in [0.2, 0.25) is 0 Å². The first-order chi connectivity index (χ1) is 8.19. The second-order valence-electron chi connectivity index (χ2n) is 3.31. The number of nitriles is 1. The summed E-state index contributed by atoms with van der Waals surface area (Å²) >= 11 is 10.8. The number of nitrogens with zero attached hydrogens (tertiary/aromatic N) is 1. The molecule has 4 heteroatoms. The Kier molecular flexibility index (Phi) is 4.11. The molecule has 0 aliphatic rings. The predicted molar refractivity (Wildman–Crippen MR) is 74.4 cm³/mol. The molecule has 0 aliphatic heterocycles. The van der Waals surface area contributed by atoms with Gasteiger partial charge in [-0.05, 0) is 42.5 Å². The molecule has 0 amide bonds. The van der Waals surface area contributed by atoms with Gasteiger partial charge in [0.15, 0.2) is 0 Å². The van der Waals surface area contributed by atoms with Crippen molar-refractivity contribution < 1.29 is 0 Å². The second kappa shape index (κ2) is 5.59. The maximum Gasteiger partial charge on any atom is 0.100 e. The molecule has 0 saturated heterocycles. The third-order valence-corrected chi connectivity index (χ3v) is 3.92. The smallest absolute Gasteiger partial charge is 0.100 e. The minimum absolute atomic E-state index is 0.674. The van der Waals surface area contributed by atoms with Crippen molar-refractivity contribution in [3.63, 3.8) is 0 Å². The van der Waals surface area contributed by atoms with Gasteiger partial charge in [0.1, 0.15) is 6.07 Å². The molecule has 0 radical (unpaired) electrons. The molecule has 0 aliphatic carbocycles. The quantitative estimate of drug-likeness (QED) is 0.765. The molecule has 0 atom stereocenters. The van der Waals surface area contributed by atoms with Crippen LogP contribution >= 0.6 is 39.3 Å². The highest BCUT2D eigenvalue weighted by Crippen LogP contribution is 2.32. The minimum atomic E-state index is 0.674. The van der Waals surface area contributed by atoms with Crippen LogP contribution in [0.5, 0.6) is 0 Å². The van der Waals surface area contributed by atoms with E-state index in [4.69, 9.17) is 16.9 Å². The van der Waals surface area contributed by atoms with Crippen molar-refractivity contribution >= 4 is 39.3 Å². The summed E-state index contributed by atoms with van der Waals surface area (Å²) in [6.45, 7) is 0. The van der Waals surface area contributed by atoms with Gasteiger partial charge in [-0.25, -0.2) is 0 Å². The maximum atomic E-state index is 9.03. The first-order valence-electron chi connectivity index (χ1n) is 4.82. The highest BCUT2D eigenvalue weighted by atomic mass is 79.9. The van der Waals surface area contributed by atoms with Crippen molar-refractivity contribution in [3.8, 4) is 6.07 Å². The van der Waals surface area contributed by atoms with E-state index < -0.39 is 0 Å². The van der Waals surface area contributed by atoms with Gasteiger partial charge < -0.3 is 0 Å². The van der Waals surface area contributed by atoms with Gasteiger partial charge in [-0.3, -0.25) is 0 Å². The summed E-state index contributed by atoms with van der Waals surface area (Å²) in [6, 6.07) is 15.4. The molecule has 0 spiro atoms. The Hall–Kier alpha value is -0.950. The third-order valence-electron chi connectivity index (χ3n) is 2.11. The molecular weight excluding hydrogens is 318 g/mol. The summed E-state index contributed by atoms with van der Waals surface area (Å²) in [5.41, 5.74) is 0.674. The summed E-state index contributed by atoms with van der Waals surface area (Å²) in [6.07, 6.45) is 0. The van der Waals surface area contributed by atoms with Crippen LogP contribution in [-0.2, 0) is 0 Å². The molecular formula is C13H7BrClNS. The van der Waals surface area contributed by atoms with Crippen molar-refractivity contribution in [1.29, 1.82) is 5.26 Å². The monoisotopic (exact) mass is 323 g/mol. The highest BCUT2D eigenvalue weighted by Gasteiger charge is 2.05. The number of rotatable bonds is 2. The molecule has 17 heavy (non-hydrogen) atoms. The number of benzene rings is 2. The number of hydrogen-bond acceptors (Lipinski definition) is 2. The minimum Gasteiger partial charge on any atom is -0.192 e. The van der Waals surface area contributed by atoms with E-state index in [9.17, 15) is 0 Å². The van der Waals surface area contributed by atoms with Crippen LogP contribution in [0.4, 0.5) is 0 Å². The van der Waals surface area contributed by atoms with Crippen LogP contribution in [-0.4, -0.2) is 0 Å². The van der Waals surface area contributed by atoms with Gasteiger partial charge in [-0.2, -0.15) is 5.26 Å². The maximum absolute atomic E-state index is 9.03. The summed E-state index contributed by atoms with van der Waals surface area (Å²) in [4.78, 5) is 1.99. The van der Waals surface area contributed by atoms with Crippen LogP contribution < -0.4 is 0 Å². The van der Waals surface area contributed by atoms with E-state index in [2.05, 4.69) is 22.0 Å². The standard InChI is InChI=1S/C13H7BrClNS/c14-10-2-1-9(8-16)13(7-10)17-12-5-3-11(15)4-6-12/h1-7H. The highest BCUT2D eigenvalue weighted by molar-refractivity contribution is 9.10. The molecule has 2 rings (SSSR count). The average molecular weight is 325 g/mol. The van der Waals surface area contributed by atoms with Crippen LogP contribution in [0.2, 0.25) is 5.02 Å². The van der Waals surface area contributed by atoms with Gasteiger partial charge in [-0.1, -0.05) is 39.3 Å². The van der Waals surface area contributed by atoms with Crippen molar-refractivity contribution in [2.75, 3.05) is 0 Å². The third kappa shape index (κ3) is 3.26. The van der Waals surface area contributed by atoms with E-state index >= 15 is 0 Å². The SMILES string of the molecule is N#Cc1ccc(Br)cc1Sc1ccc(Cl)cc1. The molecule has 0 bridgehead atoms. The Morgan fingerprint density at radius 2 is 1.82 bits per heavy atom. The first-order valence-corrected chi connectivity index (χ1v) is 6.81. The number of hydrogen-bond donors (Lipinski definition) is 0. The van der Waals surface area contributed by atoms with Gasteiger partial charge in [-0.15, -0.1) is 0 Å². The lowest BCUT2D eigenvalue weighted by atomic mass is 10.2. The zero-order valence-corrected chi connectivity index (χ0v) is 11.8. The summed E-state index contributed by atoms with van der Waals surface area (Å²) in [7, 11) is 0. The summed E-state index contributed by atoms with van der Waals surface area (Å²) in [5.74, 6) is 0. The molecule has 0 N–H and O–H groups in total. The fourth-order valence-electron chi connectivity index (χ4n) is 1.30. The van der Waals surface area contributed by atoms with Crippen molar-refractivity contribution in [2.24, 2.45) is 0 Å². The van der Waals surface area contributed by atoms with E-state index in [1.165, 1.54) is 0 Å². The molecule has 0 fully saturated rings. The molecule has 0 aromatic heterocycles. The fraction of sp³-hybridized carbons (Fsp3) is 0. The van der Waals surface area contributed by atoms with Gasteiger partial charge in [0.25, 0.3) is 0 Å². The van der Waals surface area contributed by atoms with Gasteiger partial charge in [0.05, 0.1) is 5.56 Å². The zero-order chi connectivity index (χ0) is 12.3. The van der Waals surface area contributed by atoms with E-state index in [1.807, 2.05) is 42.5 Å². The van der Waals surface area contributed by atoms with Crippen LogP contribution in [0.1, 0.15) is 5.56 Å². The summed E-state index contributed by atoms with van der Waals surface area (Å²) in [5, 5.41) is 9.74. The fourth-order valence-corrected chi connectivity index (χ4v) is 2.88. The van der Waals surface area contributed by atoms with Gasteiger partial charge >= 0.3 is 0 Å². The summed E-state index contributed by atoms with van der Waals surface area (Å²) < 4.78 is 0.966. The first kappa shape index (κ1) is 12.5. The Bertz CT molecular complexity index is 575. The largest absolute Gasteiger partial charge is 0.192 e. The molecule has 2 aromatic rings. The molecule has 0 saturated carbocycles. The van der Waals surface area contributed by atoms with E-state index in [-0.39, 0.29) is 0 Å². The molecule has 1 nitrogen and oxygen atoms in total. The van der Waals surface area contributed by atoms with Crippen molar-refractivity contribution in [2.45, 2.75) is 9.79 Å². The predicted octanol–water partition coefficient (Wildman–Crippen LogP) is 5.13. The Morgan fingerprint density at radius 1 is 1.12 bits per heavy atom. The lowest BCUT2D eigenvalue weighted by Crippen LogP contribution is -1.81. The van der Waals surface area contributed by atoms with Crippen molar-refractivity contribution in [3.05, 3.63) is 57.5 Å². The van der Waals surface area contributed by atoms with Crippen LogP contribution in [0.3, 0.4) is 0 Å². The van der Waals surface area contributed by atoms with E-state index in [1.54, 1.807) is 11.8 Å². The zero-order valence-electron chi connectivity index (χ0n) is 8.65. The topological polar surface area (TPSA) is 23.8 Å². The lowest BCUT2D eigenvalue weighted by molar-refractivity contribution is 1.34. The molecule has 0 heterocycles. The lowest BCUT2D eigenvalue weighted by Gasteiger charge is -2.04. The van der Waals surface area contributed by atoms with E-state index in [0.29, 0.717) is 10.6 Å². The van der Waals surface area contributed by atoms with Crippen LogP contribution in [0.25, 0.3) is 0 Å². The van der Waals surface area contributed by atoms with Crippen LogP contribution in [0.15, 0.2) is 56.7 Å². The molecule has 84 valence electrons.